The van der Waals surface area contributed by atoms with E-state index in [2.05, 4.69) is 5.32 Å². The molecule has 0 aromatic carbocycles. The van der Waals surface area contributed by atoms with E-state index in [-0.39, 0.29) is 11.8 Å². The number of nitrogens with one attached hydrogen (secondary N) is 1. The number of unbranched alkanes of at least 4 members (excludes halogenated alkanes) is 1. The lowest BCUT2D eigenvalue weighted by Gasteiger charge is -2.27. The van der Waals surface area contributed by atoms with E-state index in [9.17, 15) is 19.5 Å². The smallest absolute Gasteiger partial charge is 0.327 e. The standard InChI is InChI=1S/C18H31NO4S4/c1-12(2)15(20)8-6-5-7-13-9-10-24-25-11-14(16(21)22)19-17(23)18(3,4)27-26-13/h12-14H,5-11H2,1-4H3,(H,19,23)(H,21,22). The van der Waals surface area contributed by atoms with Crippen LogP contribution in [0.3, 0.4) is 0 Å². The maximum atomic E-state index is 12.5. The molecule has 2 unspecified atom stereocenters. The Bertz CT molecular complexity index is 514. The molecule has 0 aromatic heterocycles. The van der Waals surface area contributed by atoms with Crippen molar-refractivity contribution in [3.8, 4) is 0 Å². The number of hydrogen-bond donors (Lipinski definition) is 2. The van der Waals surface area contributed by atoms with Crippen LogP contribution >= 0.6 is 43.2 Å². The molecule has 27 heavy (non-hydrogen) atoms. The molecule has 1 fully saturated rings. The molecule has 0 aliphatic carbocycles. The van der Waals surface area contributed by atoms with Gasteiger partial charge in [0, 0.05) is 29.1 Å². The summed E-state index contributed by atoms with van der Waals surface area (Å²) in [4.78, 5) is 35.6. The maximum Gasteiger partial charge on any atom is 0.327 e. The zero-order valence-corrected chi connectivity index (χ0v) is 19.8. The van der Waals surface area contributed by atoms with Crippen LogP contribution in [0.1, 0.15) is 59.8 Å². The number of Topliss-reactive ketones (excluding diaryl/α,β-unsaturated/α-hetero) is 1. The van der Waals surface area contributed by atoms with Crippen molar-refractivity contribution in [2.75, 3.05) is 11.5 Å². The third-order valence-electron chi connectivity index (χ3n) is 4.23. The van der Waals surface area contributed by atoms with Crippen LogP contribution in [0.25, 0.3) is 0 Å². The Balaban J connectivity index is 2.58. The van der Waals surface area contributed by atoms with E-state index >= 15 is 0 Å². The van der Waals surface area contributed by atoms with Crippen LogP contribution < -0.4 is 5.32 Å². The van der Waals surface area contributed by atoms with Crippen LogP contribution in [-0.2, 0) is 14.4 Å². The number of hydrogen-bond acceptors (Lipinski definition) is 7. The zero-order valence-electron chi connectivity index (χ0n) is 16.5. The first-order valence-electron chi connectivity index (χ1n) is 9.29. The minimum atomic E-state index is -0.990. The highest BCUT2D eigenvalue weighted by Gasteiger charge is 2.33. The first-order valence-corrected chi connectivity index (χ1v) is 14.0. The quantitative estimate of drug-likeness (QED) is 0.425. The van der Waals surface area contributed by atoms with E-state index in [0.29, 0.717) is 23.2 Å². The molecule has 0 radical (unpaired) electrons. The van der Waals surface area contributed by atoms with Gasteiger partial charge >= 0.3 is 5.97 Å². The van der Waals surface area contributed by atoms with Gasteiger partial charge in [-0.3, -0.25) is 9.59 Å². The monoisotopic (exact) mass is 453 g/mol. The molecule has 1 aliphatic heterocycles. The number of rotatable bonds is 7. The van der Waals surface area contributed by atoms with Gasteiger partial charge in [-0.1, -0.05) is 63.4 Å². The largest absolute Gasteiger partial charge is 0.480 e. The summed E-state index contributed by atoms with van der Waals surface area (Å²) in [6.07, 6.45) is 4.64. The predicted molar refractivity (Wildman–Crippen MR) is 120 cm³/mol. The fraction of sp³-hybridized carbons (Fsp3) is 0.833. The van der Waals surface area contributed by atoms with E-state index in [4.69, 9.17) is 0 Å². The van der Waals surface area contributed by atoms with E-state index in [1.807, 2.05) is 27.7 Å². The van der Waals surface area contributed by atoms with Crippen LogP contribution in [0.4, 0.5) is 0 Å². The molecular weight excluding hydrogens is 422 g/mol. The van der Waals surface area contributed by atoms with Crippen molar-refractivity contribution < 1.29 is 19.5 Å². The van der Waals surface area contributed by atoms with Gasteiger partial charge in [0.15, 0.2) is 0 Å². The average molecular weight is 454 g/mol. The molecule has 1 aliphatic rings. The summed E-state index contributed by atoms with van der Waals surface area (Å²) in [5.74, 6) is 0.526. The third kappa shape index (κ3) is 9.85. The van der Waals surface area contributed by atoms with Gasteiger partial charge in [0.1, 0.15) is 11.8 Å². The predicted octanol–water partition coefficient (Wildman–Crippen LogP) is 4.66. The average Bonchev–Trinajstić information content (AvgIpc) is 2.59. The molecule has 1 heterocycles. The van der Waals surface area contributed by atoms with E-state index < -0.39 is 16.8 Å². The lowest BCUT2D eigenvalue weighted by molar-refractivity contribution is -0.141. The second-order valence-corrected chi connectivity index (χ2v) is 13.2. The van der Waals surface area contributed by atoms with Crippen molar-refractivity contribution >= 4 is 60.8 Å². The minimum absolute atomic E-state index is 0.110. The molecule has 1 amide bonds. The molecule has 1 saturated heterocycles. The highest BCUT2D eigenvalue weighted by atomic mass is 33.1. The molecule has 0 bridgehead atoms. The molecule has 2 N–H and O–H groups in total. The second-order valence-electron chi connectivity index (χ2n) is 7.44. The van der Waals surface area contributed by atoms with Crippen molar-refractivity contribution in [2.45, 2.75) is 75.8 Å². The number of amides is 1. The summed E-state index contributed by atoms with van der Waals surface area (Å²) in [5.41, 5.74) is 0. The van der Waals surface area contributed by atoms with Gasteiger partial charge in [0.2, 0.25) is 5.91 Å². The summed E-state index contributed by atoms with van der Waals surface area (Å²) in [6, 6.07) is -0.853. The highest BCUT2D eigenvalue weighted by molar-refractivity contribution is 8.77. The van der Waals surface area contributed by atoms with Gasteiger partial charge in [-0.2, -0.15) is 0 Å². The van der Waals surface area contributed by atoms with Crippen LogP contribution in [0.2, 0.25) is 0 Å². The molecule has 0 aromatic rings. The first-order chi connectivity index (χ1) is 12.6. The lowest BCUT2D eigenvalue weighted by atomic mass is 10.0. The highest BCUT2D eigenvalue weighted by Crippen LogP contribution is 2.42. The van der Waals surface area contributed by atoms with Crippen molar-refractivity contribution in [3.63, 3.8) is 0 Å². The van der Waals surface area contributed by atoms with Crippen molar-refractivity contribution in [2.24, 2.45) is 5.92 Å². The molecule has 156 valence electrons. The molecule has 9 heteroatoms. The van der Waals surface area contributed by atoms with E-state index in [0.717, 1.165) is 31.4 Å². The Kier molecular flexibility index (Phi) is 11.6. The topological polar surface area (TPSA) is 83.5 Å². The fourth-order valence-electron chi connectivity index (χ4n) is 2.29. The van der Waals surface area contributed by atoms with Crippen molar-refractivity contribution in [1.82, 2.24) is 5.32 Å². The van der Waals surface area contributed by atoms with Crippen molar-refractivity contribution in [1.29, 1.82) is 0 Å². The summed E-state index contributed by atoms with van der Waals surface area (Å²) in [6.45, 7) is 7.56. The summed E-state index contributed by atoms with van der Waals surface area (Å²) < 4.78 is -0.693. The summed E-state index contributed by atoms with van der Waals surface area (Å²) >= 11 is 0. The van der Waals surface area contributed by atoms with Crippen LogP contribution in [-0.4, -0.2) is 50.3 Å². The first kappa shape index (κ1) is 25.0. The Hall–Kier alpha value is 0.01000. The number of ketones is 1. The summed E-state index contributed by atoms with van der Waals surface area (Å²) in [5, 5.41) is 12.4. The SMILES string of the molecule is CC(C)C(=O)CCCCC1CCSSCC(C(=O)O)NC(=O)C(C)(C)SS1. The lowest BCUT2D eigenvalue weighted by Crippen LogP contribution is -2.49. The molecule has 1 rings (SSSR count). The number of carboxylic acids is 1. The number of carboxylic acid groups (broad SMARTS) is 1. The van der Waals surface area contributed by atoms with Crippen LogP contribution in [0, 0.1) is 5.92 Å². The van der Waals surface area contributed by atoms with Gasteiger partial charge in [0.25, 0.3) is 0 Å². The normalized spacial score (nSPS) is 24.6. The van der Waals surface area contributed by atoms with Gasteiger partial charge in [-0.05, 0) is 33.1 Å². The van der Waals surface area contributed by atoms with Gasteiger partial charge in [-0.25, -0.2) is 4.79 Å². The zero-order chi connectivity index (χ0) is 20.4. The molecular formula is C18H31NO4S4. The summed E-state index contributed by atoms with van der Waals surface area (Å²) in [7, 11) is 6.41. The Morgan fingerprint density at radius 3 is 2.59 bits per heavy atom. The Morgan fingerprint density at radius 1 is 1.26 bits per heavy atom. The van der Waals surface area contributed by atoms with Gasteiger partial charge < -0.3 is 10.4 Å². The maximum absolute atomic E-state index is 12.5. The van der Waals surface area contributed by atoms with Gasteiger partial charge in [0.05, 0.1) is 4.75 Å². The molecule has 2 atom stereocenters. The molecule has 0 saturated carbocycles. The molecule has 0 spiro atoms. The van der Waals surface area contributed by atoms with E-state index in [1.165, 1.54) is 21.6 Å². The van der Waals surface area contributed by atoms with Crippen molar-refractivity contribution in [3.05, 3.63) is 0 Å². The van der Waals surface area contributed by atoms with Crippen LogP contribution in [0.5, 0.6) is 0 Å². The minimum Gasteiger partial charge on any atom is -0.480 e. The fourth-order valence-corrected chi connectivity index (χ4v) is 7.66. The Morgan fingerprint density at radius 2 is 1.96 bits per heavy atom. The number of carbonyl (C=O) groups is 3. The third-order valence-corrected chi connectivity index (χ3v) is 10.5. The Labute approximate surface area is 178 Å². The number of carbonyl (C=O) groups excluding carboxylic acids is 2. The van der Waals surface area contributed by atoms with E-state index in [1.54, 1.807) is 21.6 Å². The second kappa shape index (κ2) is 12.5. The van der Waals surface area contributed by atoms with Gasteiger partial charge in [-0.15, -0.1) is 0 Å². The molecule has 5 nitrogen and oxygen atoms in total. The van der Waals surface area contributed by atoms with Crippen LogP contribution in [0.15, 0.2) is 0 Å². The number of aliphatic carboxylic acids is 1.